The van der Waals surface area contributed by atoms with Gasteiger partial charge in [-0.15, -0.1) is 0 Å². The van der Waals surface area contributed by atoms with E-state index in [0.29, 0.717) is 43.3 Å². The van der Waals surface area contributed by atoms with Crippen molar-refractivity contribution in [1.82, 2.24) is 14.7 Å². The molecule has 1 aromatic heterocycles. The third-order valence-corrected chi connectivity index (χ3v) is 8.31. The third kappa shape index (κ3) is 4.36. The lowest BCUT2D eigenvalue weighted by molar-refractivity contribution is -0.131. The molecule has 0 unspecified atom stereocenters. The molecule has 6 rings (SSSR count). The van der Waals surface area contributed by atoms with E-state index in [1.807, 2.05) is 58.3 Å². The number of piperidine rings is 1. The number of hydrogen-bond donors (Lipinski definition) is 0. The second-order valence-electron chi connectivity index (χ2n) is 10.5. The zero-order valence-corrected chi connectivity index (χ0v) is 21.4. The molecule has 0 bridgehead atoms. The van der Waals surface area contributed by atoms with Crippen LogP contribution in [0.2, 0.25) is 0 Å². The van der Waals surface area contributed by atoms with Crippen LogP contribution in [0.4, 0.5) is 4.79 Å². The molecule has 3 amide bonds. The summed E-state index contributed by atoms with van der Waals surface area (Å²) in [6.45, 7) is 2.80. The van der Waals surface area contributed by atoms with Crippen molar-refractivity contribution in [2.45, 2.75) is 25.3 Å². The predicted octanol–water partition coefficient (Wildman–Crippen LogP) is 4.09. The van der Waals surface area contributed by atoms with Crippen LogP contribution in [0.15, 0.2) is 59.0 Å². The van der Waals surface area contributed by atoms with Crippen molar-refractivity contribution in [2.75, 3.05) is 46.4 Å². The van der Waals surface area contributed by atoms with Crippen LogP contribution < -0.4 is 4.74 Å². The van der Waals surface area contributed by atoms with E-state index in [2.05, 4.69) is 0 Å². The topological polar surface area (TPSA) is 92.5 Å². The van der Waals surface area contributed by atoms with Gasteiger partial charge in [0.25, 0.3) is 5.91 Å². The maximum absolute atomic E-state index is 13.2. The van der Waals surface area contributed by atoms with Gasteiger partial charge in [-0.3, -0.25) is 14.5 Å². The van der Waals surface area contributed by atoms with Gasteiger partial charge in [0, 0.05) is 31.6 Å². The number of rotatable bonds is 5. The fourth-order valence-corrected chi connectivity index (χ4v) is 6.02. The Bertz CT molecular complexity index is 1360. The molecular formula is C29H31N3O6. The maximum atomic E-state index is 13.2. The van der Waals surface area contributed by atoms with Crippen molar-refractivity contribution >= 4 is 28.9 Å². The molecule has 3 aromatic rings. The molecule has 9 heteroatoms. The molecule has 3 fully saturated rings. The maximum Gasteiger partial charge on any atom is 0.410 e. The van der Waals surface area contributed by atoms with Gasteiger partial charge in [0.2, 0.25) is 5.91 Å². The Morgan fingerprint density at radius 3 is 2.47 bits per heavy atom. The number of nitrogens with zero attached hydrogens (tertiary/aromatic N) is 3. The van der Waals surface area contributed by atoms with Crippen molar-refractivity contribution in [3.63, 3.8) is 0 Å². The standard InChI is InChI=1S/C29H31N3O6/c1-36-23-9-5-8-21-16-24(38-26(21)23)27(34)30-13-10-29(11-14-30)12-15-31(19-29)25(33)17-32-22(18-37-28(32)35)20-6-3-2-4-7-20/h2-9,16,22H,10-15,17-19H2,1H3/t22-/m1/s1. The number of hydrogen-bond acceptors (Lipinski definition) is 6. The highest BCUT2D eigenvalue weighted by atomic mass is 16.6. The number of cyclic esters (lactones) is 1. The zero-order chi connectivity index (χ0) is 26.3. The van der Waals surface area contributed by atoms with Gasteiger partial charge in [0.1, 0.15) is 13.2 Å². The molecule has 9 nitrogen and oxygen atoms in total. The Hall–Kier alpha value is -4.01. The second kappa shape index (κ2) is 9.70. The molecule has 3 saturated heterocycles. The highest BCUT2D eigenvalue weighted by molar-refractivity contribution is 5.97. The molecule has 198 valence electrons. The average Bonchev–Trinajstić information content (AvgIpc) is 3.67. The van der Waals surface area contributed by atoms with Crippen LogP contribution in [0.3, 0.4) is 0 Å². The number of benzene rings is 2. The zero-order valence-electron chi connectivity index (χ0n) is 21.4. The third-order valence-electron chi connectivity index (χ3n) is 8.31. The van der Waals surface area contributed by atoms with Gasteiger partial charge in [-0.05, 0) is 42.4 Å². The van der Waals surface area contributed by atoms with Gasteiger partial charge in [-0.25, -0.2) is 4.79 Å². The summed E-state index contributed by atoms with van der Waals surface area (Å²) in [5, 5.41) is 0.836. The first-order valence-corrected chi connectivity index (χ1v) is 13.1. The quantitative estimate of drug-likeness (QED) is 0.506. The van der Waals surface area contributed by atoms with Gasteiger partial charge < -0.3 is 23.7 Å². The van der Waals surface area contributed by atoms with E-state index < -0.39 is 6.09 Å². The number of carbonyl (C=O) groups excluding carboxylic acids is 3. The average molecular weight is 518 g/mol. The van der Waals surface area contributed by atoms with Crippen molar-refractivity contribution < 1.29 is 28.3 Å². The van der Waals surface area contributed by atoms with Gasteiger partial charge in [0.05, 0.1) is 13.2 Å². The number of fused-ring (bicyclic) bond motifs is 1. The molecule has 1 atom stereocenters. The molecular weight excluding hydrogens is 486 g/mol. The lowest BCUT2D eigenvalue weighted by Gasteiger charge is -2.39. The van der Waals surface area contributed by atoms with E-state index in [1.165, 1.54) is 4.90 Å². The molecule has 38 heavy (non-hydrogen) atoms. The number of ether oxygens (including phenoxy) is 2. The minimum atomic E-state index is -0.448. The molecule has 0 radical (unpaired) electrons. The van der Waals surface area contributed by atoms with Crippen LogP contribution >= 0.6 is 0 Å². The van der Waals surface area contributed by atoms with E-state index in [4.69, 9.17) is 13.9 Å². The van der Waals surface area contributed by atoms with Crippen molar-refractivity contribution in [3.05, 3.63) is 65.9 Å². The van der Waals surface area contributed by atoms with Crippen molar-refractivity contribution in [2.24, 2.45) is 5.41 Å². The van der Waals surface area contributed by atoms with E-state index in [0.717, 1.165) is 30.2 Å². The van der Waals surface area contributed by atoms with Crippen molar-refractivity contribution in [3.8, 4) is 5.75 Å². The van der Waals surface area contributed by atoms with Gasteiger partial charge in [-0.1, -0.05) is 42.5 Å². The Morgan fingerprint density at radius 2 is 1.74 bits per heavy atom. The van der Waals surface area contributed by atoms with Crippen LogP contribution in [-0.4, -0.2) is 79.0 Å². The summed E-state index contributed by atoms with van der Waals surface area (Å²) in [4.78, 5) is 44.1. The van der Waals surface area contributed by atoms with Crippen molar-refractivity contribution in [1.29, 1.82) is 0 Å². The Kier molecular flexibility index (Phi) is 6.21. The first-order chi connectivity index (χ1) is 18.5. The van der Waals surface area contributed by atoms with Crippen LogP contribution in [0.25, 0.3) is 11.0 Å². The SMILES string of the molecule is COc1cccc2cc(C(=O)N3CCC4(CCN(C(=O)CN5C(=O)OC[C@@H]5c5ccccc5)C4)CC3)oc12. The van der Waals surface area contributed by atoms with E-state index in [1.54, 1.807) is 13.2 Å². The second-order valence-corrected chi connectivity index (χ2v) is 10.5. The minimum Gasteiger partial charge on any atom is -0.493 e. The van der Waals surface area contributed by atoms with Crippen LogP contribution in [-0.2, 0) is 9.53 Å². The Balaban J connectivity index is 1.07. The molecule has 0 saturated carbocycles. The number of para-hydroxylation sites is 1. The number of amides is 3. The summed E-state index contributed by atoms with van der Waals surface area (Å²) in [5.74, 6) is 0.737. The summed E-state index contributed by atoms with van der Waals surface area (Å²) in [7, 11) is 1.58. The largest absolute Gasteiger partial charge is 0.493 e. The molecule has 3 aliphatic rings. The summed E-state index contributed by atoms with van der Waals surface area (Å²) >= 11 is 0. The van der Waals surface area contributed by atoms with Crippen LogP contribution in [0.5, 0.6) is 5.75 Å². The van der Waals surface area contributed by atoms with E-state index in [9.17, 15) is 14.4 Å². The lowest BCUT2D eigenvalue weighted by atomic mass is 9.77. The van der Waals surface area contributed by atoms with Gasteiger partial charge in [-0.2, -0.15) is 0 Å². The summed E-state index contributed by atoms with van der Waals surface area (Å²) < 4.78 is 16.5. The highest BCUT2D eigenvalue weighted by Crippen LogP contribution is 2.41. The molecule has 0 N–H and O–H groups in total. The van der Waals surface area contributed by atoms with E-state index in [-0.39, 0.29) is 36.4 Å². The minimum absolute atomic E-state index is 0.00606. The fourth-order valence-electron chi connectivity index (χ4n) is 6.02. The number of carbonyl (C=O) groups is 3. The molecule has 3 aliphatic heterocycles. The smallest absolute Gasteiger partial charge is 0.410 e. The number of furan rings is 1. The van der Waals surface area contributed by atoms with Gasteiger partial charge >= 0.3 is 6.09 Å². The summed E-state index contributed by atoms with van der Waals surface area (Å²) in [6.07, 6.45) is 2.10. The predicted molar refractivity (Wildman–Crippen MR) is 139 cm³/mol. The molecule has 1 spiro atoms. The van der Waals surface area contributed by atoms with Crippen LogP contribution in [0, 0.1) is 5.41 Å². The number of likely N-dealkylation sites (tertiary alicyclic amines) is 2. The first-order valence-electron chi connectivity index (χ1n) is 13.1. The molecule has 2 aromatic carbocycles. The number of methoxy groups -OCH3 is 1. The highest BCUT2D eigenvalue weighted by Gasteiger charge is 2.44. The Morgan fingerprint density at radius 1 is 1.00 bits per heavy atom. The molecule has 0 aliphatic carbocycles. The first kappa shape index (κ1) is 24.3. The Labute approximate surface area is 220 Å². The normalized spacial score (nSPS) is 20.8. The fraction of sp³-hybridized carbons (Fsp3) is 0.414. The summed E-state index contributed by atoms with van der Waals surface area (Å²) in [6, 6.07) is 16.8. The van der Waals surface area contributed by atoms with Crippen LogP contribution in [0.1, 0.15) is 41.4 Å². The monoisotopic (exact) mass is 517 g/mol. The summed E-state index contributed by atoms with van der Waals surface area (Å²) in [5.41, 5.74) is 1.53. The lowest BCUT2D eigenvalue weighted by Crippen LogP contribution is -2.45. The van der Waals surface area contributed by atoms with E-state index >= 15 is 0 Å². The van der Waals surface area contributed by atoms with Gasteiger partial charge in [0.15, 0.2) is 17.1 Å². The molecule has 4 heterocycles.